The molecule has 0 fully saturated rings. The van der Waals surface area contributed by atoms with Crippen LogP contribution in [0.25, 0.3) is 43.4 Å². The van der Waals surface area contributed by atoms with Gasteiger partial charge in [0, 0.05) is 28.6 Å². The third-order valence-corrected chi connectivity index (χ3v) is 4.99. The number of benzene rings is 2. The number of hydrogen-bond acceptors (Lipinski definition) is 4. The zero-order valence-electron chi connectivity index (χ0n) is 12.4. The summed E-state index contributed by atoms with van der Waals surface area (Å²) in [5.41, 5.74) is 4.70. The van der Waals surface area contributed by atoms with Gasteiger partial charge in [0.15, 0.2) is 0 Å². The molecule has 0 aliphatic carbocycles. The minimum Gasteiger partial charge on any atom is -0.455 e. The van der Waals surface area contributed by atoms with Crippen LogP contribution >= 0.6 is 11.3 Å². The van der Waals surface area contributed by atoms with E-state index in [0.29, 0.717) is 0 Å². The zero-order chi connectivity index (χ0) is 15.4. The van der Waals surface area contributed by atoms with Crippen molar-refractivity contribution in [3.63, 3.8) is 0 Å². The SMILES string of the molecule is Cc1nc2cc3oc4c(-c5ccccn5)cccc4c3cc2s1. The summed E-state index contributed by atoms with van der Waals surface area (Å²) < 4.78 is 7.38. The molecule has 4 heteroatoms. The Kier molecular flexibility index (Phi) is 2.58. The van der Waals surface area contributed by atoms with Gasteiger partial charge in [0.2, 0.25) is 0 Å². The minimum absolute atomic E-state index is 0.876. The van der Waals surface area contributed by atoms with E-state index in [1.54, 1.807) is 17.5 Å². The molecule has 2 aromatic carbocycles. The van der Waals surface area contributed by atoms with Gasteiger partial charge in [0.1, 0.15) is 11.2 Å². The van der Waals surface area contributed by atoms with E-state index in [0.717, 1.165) is 43.7 Å². The van der Waals surface area contributed by atoms with E-state index >= 15 is 0 Å². The highest BCUT2D eigenvalue weighted by Gasteiger charge is 2.14. The number of furan rings is 1. The van der Waals surface area contributed by atoms with E-state index in [-0.39, 0.29) is 0 Å². The molecule has 3 heterocycles. The molecule has 0 atom stereocenters. The number of para-hydroxylation sites is 1. The molecule has 0 radical (unpaired) electrons. The summed E-state index contributed by atoms with van der Waals surface area (Å²) in [4.78, 5) is 9.02. The Hall–Kier alpha value is -2.72. The average molecular weight is 316 g/mol. The van der Waals surface area contributed by atoms with Crippen LogP contribution in [0.1, 0.15) is 5.01 Å². The molecule has 0 N–H and O–H groups in total. The Labute approximate surface area is 136 Å². The normalized spacial score (nSPS) is 11.7. The van der Waals surface area contributed by atoms with Crippen molar-refractivity contribution >= 4 is 43.5 Å². The highest BCUT2D eigenvalue weighted by atomic mass is 32.1. The highest BCUT2D eigenvalue weighted by molar-refractivity contribution is 7.18. The lowest BCUT2D eigenvalue weighted by Crippen LogP contribution is -1.81. The van der Waals surface area contributed by atoms with E-state index in [4.69, 9.17) is 4.42 Å². The third-order valence-electron chi connectivity index (χ3n) is 4.05. The summed E-state index contributed by atoms with van der Waals surface area (Å²) in [7, 11) is 0. The molecule has 0 aliphatic rings. The van der Waals surface area contributed by atoms with Crippen molar-refractivity contribution in [3.05, 3.63) is 59.7 Å². The molecule has 0 aliphatic heterocycles. The van der Waals surface area contributed by atoms with Gasteiger partial charge in [-0.1, -0.05) is 18.2 Å². The van der Waals surface area contributed by atoms with Crippen LogP contribution in [0.4, 0.5) is 0 Å². The van der Waals surface area contributed by atoms with Crippen molar-refractivity contribution in [2.45, 2.75) is 6.92 Å². The van der Waals surface area contributed by atoms with E-state index in [1.165, 1.54) is 4.70 Å². The van der Waals surface area contributed by atoms with Gasteiger partial charge in [-0.2, -0.15) is 0 Å². The molecule has 3 nitrogen and oxygen atoms in total. The van der Waals surface area contributed by atoms with Crippen LogP contribution in [-0.4, -0.2) is 9.97 Å². The second-order valence-corrected chi connectivity index (χ2v) is 6.78. The fourth-order valence-electron chi connectivity index (χ4n) is 3.06. The summed E-state index contributed by atoms with van der Waals surface area (Å²) in [6.45, 7) is 2.03. The van der Waals surface area contributed by atoms with Crippen molar-refractivity contribution in [1.29, 1.82) is 0 Å². The molecular weight excluding hydrogens is 304 g/mol. The largest absolute Gasteiger partial charge is 0.455 e. The molecule has 0 saturated carbocycles. The second-order valence-electron chi connectivity index (χ2n) is 5.55. The van der Waals surface area contributed by atoms with E-state index < -0.39 is 0 Å². The minimum atomic E-state index is 0.876. The molecule has 0 bridgehead atoms. The van der Waals surface area contributed by atoms with Gasteiger partial charge in [-0.05, 0) is 31.2 Å². The average Bonchev–Trinajstić information content (AvgIpc) is 3.11. The fourth-order valence-corrected chi connectivity index (χ4v) is 3.91. The second kappa shape index (κ2) is 4.64. The van der Waals surface area contributed by atoms with Gasteiger partial charge >= 0.3 is 0 Å². The van der Waals surface area contributed by atoms with Crippen LogP contribution in [-0.2, 0) is 0 Å². The van der Waals surface area contributed by atoms with Gasteiger partial charge in [-0.15, -0.1) is 11.3 Å². The first-order valence-electron chi connectivity index (χ1n) is 7.43. The van der Waals surface area contributed by atoms with Crippen LogP contribution in [0.5, 0.6) is 0 Å². The maximum atomic E-state index is 6.18. The first-order chi connectivity index (χ1) is 11.3. The molecular formula is C19H12N2OS. The molecule has 5 rings (SSSR count). The van der Waals surface area contributed by atoms with Gasteiger partial charge in [0.05, 0.1) is 20.9 Å². The number of nitrogens with zero attached hydrogens (tertiary/aromatic N) is 2. The Morgan fingerprint density at radius 2 is 1.96 bits per heavy atom. The third kappa shape index (κ3) is 1.88. The van der Waals surface area contributed by atoms with Gasteiger partial charge in [-0.25, -0.2) is 4.98 Å². The maximum absolute atomic E-state index is 6.18. The van der Waals surface area contributed by atoms with E-state index in [9.17, 15) is 0 Å². The maximum Gasteiger partial charge on any atom is 0.144 e. The number of pyridine rings is 1. The Morgan fingerprint density at radius 1 is 1.00 bits per heavy atom. The highest BCUT2D eigenvalue weighted by Crippen LogP contribution is 2.37. The van der Waals surface area contributed by atoms with Crippen LogP contribution in [0.15, 0.2) is 59.1 Å². The Morgan fingerprint density at radius 3 is 2.83 bits per heavy atom. The van der Waals surface area contributed by atoms with Crippen molar-refractivity contribution in [2.75, 3.05) is 0 Å². The number of thiazole rings is 1. The molecule has 0 saturated heterocycles. The predicted molar refractivity (Wildman–Crippen MR) is 94.9 cm³/mol. The van der Waals surface area contributed by atoms with Crippen molar-refractivity contribution in [3.8, 4) is 11.3 Å². The van der Waals surface area contributed by atoms with Gasteiger partial charge < -0.3 is 4.42 Å². The topological polar surface area (TPSA) is 38.9 Å². The van der Waals surface area contributed by atoms with Gasteiger partial charge in [-0.3, -0.25) is 4.98 Å². The van der Waals surface area contributed by atoms with Crippen LogP contribution in [0, 0.1) is 6.92 Å². The van der Waals surface area contributed by atoms with Crippen molar-refractivity contribution < 1.29 is 4.42 Å². The summed E-state index contributed by atoms with van der Waals surface area (Å²) >= 11 is 1.71. The summed E-state index contributed by atoms with van der Waals surface area (Å²) in [5, 5.41) is 3.33. The quantitative estimate of drug-likeness (QED) is 0.406. The lowest BCUT2D eigenvalue weighted by molar-refractivity contribution is 0.670. The van der Waals surface area contributed by atoms with Crippen LogP contribution < -0.4 is 0 Å². The lowest BCUT2D eigenvalue weighted by Gasteiger charge is -2.00. The number of aromatic nitrogens is 2. The summed E-state index contributed by atoms with van der Waals surface area (Å²) in [6.07, 6.45) is 1.81. The number of rotatable bonds is 1. The first-order valence-corrected chi connectivity index (χ1v) is 8.25. The van der Waals surface area contributed by atoms with E-state index in [2.05, 4.69) is 34.2 Å². The Balaban J connectivity index is 1.89. The number of fused-ring (bicyclic) bond motifs is 4. The molecule has 23 heavy (non-hydrogen) atoms. The van der Waals surface area contributed by atoms with Crippen LogP contribution in [0.3, 0.4) is 0 Å². The lowest BCUT2D eigenvalue weighted by atomic mass is 10.1. The molecule has 0 spiro atoms. The van der Waals surface area contributed by atoms with Gasteiger partial charge in [0.25, 0.3) is 0 Å². The fraction of sp³-hybridized carbons (Fsp3) is 0.0526. The summed E-state index contributed by atoms with van der Waals surface area (Å²) in [6, 6.07) is 16.4. The monoisotopic (exact) mass is 316 g/mol. The zero-order valence-corrected chi connectivity index (χ0v) is 13.2. The number of aryl methyl sites for hydroxylation is 1. The Bertz CT molecular complexity index is 1170. The summed E-state index contributed by atoms with van der Waals surface area (Å²) in [5.74, 6) is 0. The first kappa shape index (κ1) is 12.8. The molecule has 0 unspecified atom stereocenters. The smallest absolute Gasteiger partial charge is 0.144 e. The molecule has 3 aromatic heterocycles. The standard InChI is InChI=1S/C19H12N2OS/c1-11-21-16-10-17-14(9-18(16)23-11)12-5-4-6-13(19(12)22-17)15-7-2-3-8-20-15/h2-10H,1H3. The molecule has 5 aromatic rings. The predicted octanol–water partition coefficient (Wildman–Crippen LogP) is 5.57. The van der Waals surface area contributed by atoms with Crippen LogP contribution in [0.2, 0.25) is 0 Å². The van der Waals surface area contributed by atoms with Crippen molar-refractivity contribution in [2.24, 2.45) is 0 Å². The van der Waals surface area contributed by atoms with Crippen molar-refractivity contribution in [1.82, 2.24) is 9.97 Å². The van der Waals surface area contributed by atoms with E-state index in [1.807, 2.05) is 31.2 Å². The number of hydrogen-bond donors (Lipinski definition) is 0. The molecule has 110 valence electrons. The molecule has 0 amide bonds.